The number of carbonyl (C=O) groups is 3. The molecule has 1 saturated heterocycles. The molecular weight excluding hydrogens is 474 g/mol. The molecule has 176 valence electrons. The van der Waals surface area contributed by atoms with Crippen LogP contribution in [0.3, 0.4) is 0 Å². The fourth-order valence-corrected chi connectivity index (χ4v) is 4.79. The van der Waals surface area contributed by atoms with Crippen LogP contribution >= 0.6 is 22.9 Å². The number of hydrogen-bond donors (Lipinski definition) is 2. The number of nitrogens with zero attached hydrogens (tertiary/aromatic N) is 3. The first-order valence-corrected chi connectivity index (χ1v) is 12.2. The Morgan fingerprint density at radius 1 is 1.15 bits per heavy atom. The third-order valence-electron chi connectivity index (χ3n) is 5.60. The Morgan fingerprint density at radius 3 is 2.71 bits per heavy atom. The van der Waals surface area contributed by atoms with Crippen LogP contribution in [0.15, 0.2) is 48.5 Å². The van der Waals surface area contributed by atoms with Crippen molar-refractivity contribution in [3.8, 4) is 0 Å². The molecule has 1 aromatic heterocycles. The fourth-order valence-electron chi connectivity index (χ4n) is 3.83. The van der Waals surface area contributed by atoms with Crippen LogP contribution < -0.4 is 15.5 Å². The van der Waals surface area contributed by atoms with E-state index in [1.807, 2.05) is 31.2 Å². The number of carbonyl (C=O) groups excluding carboxylic acids is 3. The van der Waals surface area contributed by atoms with Crippen LogP contribution in [0, 0.1) is 5.92 Å². The normalized spacial score (nSPS) is 15.4. The number of aromatic nitrogens is 2. The first-order chi connectivity index (χ1) is 16.5. The van der Waals surface area contributed by atoms with Crippen molar-refractivity contribution in [2.75, 3.05) is 23.3 Å². The second kappa shape index (κ2) is 10.8. The smallest absolute Gasteiger partial charge is 0.252 e. The van der Waals surface area contributed by atoms with Gasteiger partial charge < -0.3 is 15.5 Å². The van der Waals surface area contributed by atoms with Gasteiger partial charge in [0.15, 0.2) is 0 Å². The summed E-state index contributed by atoms with van der Waals surface area (Å²) in [6.07, 6.45) is 1.43. The predicted molar refractivity (Wildman–Crippen MR) is 132 cm³/mol. The van der Waals surface area contributed by atoms with Crippen molar-refractivity contribution in [2.24, 2.45) is 5.92 Å². The van der Waals surface area contributed by atoms with E-state index in [0.717, 1.165) is 17.7 Å². The van der Waals surface area contributed by atoms with Gasteiger partial charge in [0, 0.05) is 31.6 Å². The summed E-state index contributed by atoms with van der Waals surface area (Å²) in [4.78, 5) is 39.3. The van der Waals surface area contributed by atoms with E-state index in [-0.39, 0.29) is 24.1 Å². The van der Waals surface area contributed by atoms with Gasteiger partial charge in [-0.2, -0.15) is 0 Å². The molecule has 2 heterocycles. The van der Waals surface area contributed by atoms with Gasteiger partial charge in [-0.15, -0.1) is 10.2 Å². The Bertz CT molecular complexity index is 1210. The molecule has 0 spiro atoms. The van der Waals surface area contributed by atoms with Crippen LogP contribution in [0.5, 0.6) is 0 Å². The molecule has 0 aliphatic carbocycles. The zero-order valence-electron chi connectivity index (χ0n) is 18.6. The number of halogens is 1. The SMILES string of the molecule is CCc1ccccc1N1CC(C(=O)Nc2nnc(CCNC(=O)c3ccccc3Cl)s2)CC1=O. The number of amides is 3. The highest BCUT2D eigenvalue weighted by Crippen LogP contribution is 2.29. The summed E-state index contributed by atoms with van der Waals surface area (Å²) in [6.45, 7) is 2.73. The van der Waals surface area contributed by atoms with E-state index >= 15 is 0 Å². The maximum Gasteiger partial charge on any atom is 0.252 e. The first-order valence-electron chi connectivity index (χ1n) is 11.0. The van der Waals surface area contributed by atoms with Crippen LogP contribution in [-0.4, -0.2) is 41.0 Å². The van der Waals surface area contributed by atoms with E-state index in [9.17, 15) is 14.4 Å². The molecule has 3 aromatic rings. The van der Waals surface area contributed by atoms with Crippen LogP contribution in [0.1, 0.15) is 34.3 Å². The van der Waals surface area contributed by atoms with Crippen LogP contribution in [-0.2, 0) is 22.4 Å². The molecule has 1 unspecified atom stereocenters. The lowest BCUT2D eigenvalue weighted by molar-refractivity contribution is -0.122. The average Bonchev–Trinajstić information content (AvgIpc) is 3.45. The Hall–Kier alpha value is -3.30. The van der Waals surface area contributed by atoms with Gasteiger partial charge in [0.1, 0.15) is 5.01 Å². The summed E-state index contributed by atoms with van der Waals surface area (Å²) in [5, 5.41) is 15.1. The van der Waals surface area contributed by atoms with Crippen molar-refractivity contribution in [2.45, 2.75) is 26.2 Å². The maximum atomic E-state index is 12.8. The molecule has 10 heteroatoms. The van der Waals surface area contributed by atoms with Gasteiger partial charge in [-0.1, -0.05) is 60.2 Å². The van der Waals surface area contributed by atoms with Crippen LogP contribution in [0.4, 0.5) is 10.8 Å². The number of anilines is 2. The van der Waals surface area contributed by atoms with Crippen molar-refractivity contribution < 1.29 is 14.4 Å². The summed E-state index contributed by atoms with van der Waals surface area (Å²) in [7, 11) is 0. The highest BCUT2D eigenvalue weighted by atomic mass is 35.5. The van der Waals surface area contributed by atoms with E-state index in [1.54, 1.807) is 29.2 Å². The number of nitrogens with one attached hydrogen (secondary N) is 2. The number of aryl methyl sites for hydroxylation is 1. The lowest BCUT2D eigenvalue weighted by Gasteiger charge is -2.19. The molecule has 0 bridgehead atoms. The highest BCUT2D eigenvalue weighted by molar-refractivity contribution is 7.15. The van der Waals surface area contributed by atoms with Crippen molar-refractivity contribution >= 4 is 51.5 Å². The zero-order valence-corrected chi connectivity index (χ0v) is 20.2. The number of para-hydroxylation sites is 1. The topological polar surface area (TPSA) is 104 Å². The van der Waals surface area contributed by atoms with Crippen molar-refractivity contribution in [1.29, 1.82) is 0 Å². The summed E-state index contributed by atoms with van der Waals surface area (Å²) < 4.78 is 0. The molecule has 2 aromatic carbocycles. The fraction of sp³-hybridized carbons (Fsp3) is 0.292. The molecule has 2 N–H and O–H groups in total. The lowest BCUT2D eigenvalue weighted by atomic mass is 10.1. The number of benzene rings is 2. The van der Waals surface area contributed by atoms with Gasteiger partial charge in [0.05, 0.1) is 16.5 Å². The quantitative estimate of drug-likeness (QED) is 0.493. The molecule has 34 heavy (non-hydrogen) atoms. The Kier molecular flexibility index (Phi) is 7.54. The van der Waals surface area contributed by atoms with Crippen molar-refractivity contribution in [3.05, 3.63) is 69.7 Å². The van der Waals surface area contributed by atoms with Crippen LogP contribution in [0.2, 0.25) is 5.02 Å². The minimum absolute atomic E-state index is 0.0618. The lowest BCUT2D eigenvalue weighted by Crippen LogP contribution is -2.28. The van der Waals surface area contributed by atoms with E-state index in [4.69, 9.17) is 11.6 Å². The Labute approximate surface area is 206 Å². The van der Waals surface area contributed by atoms with E-state index in [1.165, 1.54) is 11.3 Å². The predicted octanol–water partition coefficient (Wildman–Crippen LogP) is 3.72. The monoisotopic (exact) mass is 497 g/mol. The Balaban J connectivity index is 1.29. The Morgan fingerprint density at radius 2 is 1.91 bits per heavy atom. The van der Waals surface area contributed by atoms with Gasteiger partial charge in [-0.05, 0) is 30.2 Å². The van der Waals surface area contributed by atoms with E-state index in [0.29, 0.717) is 40.2 Å². The molecule has 1 aliphatic heterocycles. The molecular formula is C24H24ClN5O3S. The summed E-state index contributed by atoms with van der Waals surface area (Å²) in [5.41, 5.74) is 2.35. The van der Waals surface area contributed by atoms with Gasteiger partial charge in [-0.3, -0.25) is 14.4 Å². The number of rotatable bonds is 8. The van der Waals surface area contributed by atoms with Gasteiger partial charge in [0.25, 0.3) is 5.91 Å². The second-order valence-corrected chi connectivity index (χ2v) is 9.33. The molecule has 1 fully saturated rings. The molecule has 8 nitrogen and oxygen atoms in total. The van der Waals surface area contributed by atoms with Crippen molar-refractivity contribution in [3.63, 3.8) is 0 Å². The van der Waals surface area contributed by atoms with E-state index < -0.39 is 5.92 Å². The van der Waals surface area contributed by atoms with Gasteiger partial charge in [0.2, 0.25) is 16.9 Å². The molecule has 3 amide bonds. The second-order valence-electron chi connectivity index (χ2n) is 7.86. The maximum absolute atomic E-state index is 12.8. The third-order valence-corrected chi connectivity index (χ3v) is 6.83. The molecule has 0 saturated carbocycles. The summed E-state index contributed by atoms with van der Waals surface area (Å²) in [5.74, 6) is -1.03. The largest absolute Gasteiger partial charge is 0.352 e. The van der Waals surface area contributed by atoms with Crippen LogP contribution in [0.25, 0.3) is 0 Å². The molecule has 1 atom stereocenters. The van der Waals surface area contributed by atoms with Crippen molar-refractivity contribution in [1.82, 2.24) is 15.5 Å². The number of hydrogen-bond acceptors (Lipinski definition) is 6. The third kappa shape index (κ3) is 5.43. The first kappa shape index (κ1) is 23.8. The average molecular weight is 498 g/mol. The van der Waals surface area contributed by atoms with Gasteiger partial charge >= 0.3 is 0 Å². The molecule has 0 radical (unpaired) electrons. The zero-order chi connectivity index (χ0) is 24.1. The van der Waals surface area contributed by atoms with E-state index in [2.05, 4.69) is 20.8 Å². The standard InChI is InChI=1S/C24H24ClN5O3S/c1-2-15-7-3-6-10-19(15)30-14-16(13-21(30)31)22(32)27-24-29-28-20(34-24)11-12-26-23(33)17-8-4-5-9-18(17)25/h3-10,16H,2,11-14H2,1H3,(H,26,33)(H,27,29,32). The molecule has 4 rings (SSSR count). The minimum Gasteiger partial charge on any atom is -0.352 e. The minimum atomic E-state index is -0.459. The summed E-state index contributed by atoms with van der Waals surface area (Å²) in [6, 6.07) is 14.6. The molecule has 1 aliphatic rings. The van der Waals surface area contributed by atoms with Gasteiger partial charge in [-0.25, -0.2) is 0 Å². The highest BCUT2D eigenvalue weighted by Gasteiger charge is 2.36. The summed E-state index contributed by atoms with van der Waals surface area (Å²) >= 11 is 7.29.